The Balaban J connectivity index is 1.78. The summed E-state index contributed by atoms with van der Waals surface area (Å²) in [6, 6.07) is 12.2. The van der Waals surface area contributed by atoms with Gasteiger partial charge in [-0.05, 0) is 49.5 Å². The Bertz CT molecular complexity index is 1120. The number of hydrogen-bond acceptors (Lipinski definition) is 6. The van der Waals surface area contributed by atoms with E-state index < -0.39 is 26.9 Å². The third kappa shape index (κ3) is 6.54. The number of amides is 1. The van der Waals surface area contributed by atoms with Crippen molar-refractivity contribution in [1.82, 2.24) is 10.2 Å². The highest BCUT2D eigenvalue weighted by Crippen LogP contribution is 2.26. The molecule has 0 bridgehead atoms. The summed E-state index contributed by atoms with van der Waals surface area (Å²) >= 11 is 0. The van der Waals surface area contributed by atoms with Crippen LogP contribution in [0.2, 0.25) is 0 Å². The van der Waals surface area contributed by atoms with Gasteiger partial charge in [-0.3, -0.25) is 24.1 Å². The minimum absolute atomic E-state index is 0.0872. The van der Waals surface area contributed by atoms with Crippen LogP contribution in [0.25, 0.3) is 0 Å². The molecule has 1 N–H and O–H groups in total. The largest absolute Gasteiger partial charge is 0.350 e. The van der Waals surface area contributed by atoms with Gasteiger partial charge in [-0.25, -0.2) is 8.42 Å². The molecule has 2 aromatic rings. The van der Waals surface area contributed by atoms with Crippen LogP contribution in [0.15, 0.2) is 48.5 Å². The summed E-state index contributed by atoms with van der Waals surface area (Å²) in [6.07, 6.45) is 4.84. The molecule has 1 aliphatic rings. The van der Waals surface area contributed by atoms with E-state index in [0.29, 0.717) is 0 Å². The molecule has 0 spiro atoms. The monoisotopic (exact) mass is 488 g/mol. The number of likely N-dealkylation sites (tertiary alicyclic amines) is 1. The average Bonchev–Trinajstić information content (AvgIpc) is 2.81. The molecule has 1 heterocycles. The summed E-state index contributed by atoms with van der Waals surface area (Å²) in [7, 11) is -3.88. The number of rotatable bonds is 10. The van der Waals surface area contributed by atoms with Gasteiger partial charge in [-0.15, -0.1) is 0 Å². The molecule has 1 aliphatic heterocycles. The lowest BCUT2D eigenvalue weighted by atomic mass is 10.0. The predicted octanol–water partition coefficient (Wildman–Crippen LogP) is 3.44. The van der Waals surface area contributed by atoms with Crippen LogP contribution < -0.4 is 9.62 Å². The summed E-state index contributed by atoms with van der Waals surface area (Å²) in [5.74, 6) is -0.452. The van der Waals surface area contributed by atoms with Gasteiger partial charge >= 0.3 is 0 Å². The van der Waals surface area contributed by atoms with Crippen LogP contribution in [0.3, 0.4) is 0 Å². The number of carbonyl (C=O) groups excluding carboxylic acids is 1. The standard InChI is InChI=1S/C24H32N4O5S/c1-3-23(27(34(2,32)33)21-12-9-13-22(16-21)28(30)31)24(29)25-17-19-10-5-6-11-20(19)18-26-14-7-4-8-15-26/h5-6,9-13,16,23H,3-4,7-8,14-15,17-18H2,1-2H3,(H,25,29). The molecular weight excluding hydrogens is 456 g/mol. The molecule has 1 fully saturated rings. The third-order valence-corrected chi connectivity index (χ3v) is 7.22. The normalized spacial score (nSPS) is 15.5. The van der Waals surface area contributed by atoms with E-state index in [9.17, 15) is 23.3 Å². The van der Waals surface area contributed by atoms with Crippen LogP contribution in [0.1, 0.15) is 43.7 Å². The first kappa shape index (κ1) is 25.6. The fourth-order valence-electron chi connectivity index (χ4n) is 4.35. The molecule has 10 heteroatoms. The zero-order valence-electron chi connectivity index (χ0n) is 19.6. The lowest BCUT2D eigenvalue weighted by molar-refractivity contribution is -0.384. The minimum Gasteiger partial charge on any atom is -0.350 e. The Morgan fingerprint density at radius 2 is 1.79 bits per heavy atom. The predicted molar refractivity (Wildman–Crippen MR) is 132 cm³/mol. The van der Waals surface area contributed by atoms with E-state index in [1.54, 1.807) is 6.92 Å². The van der Waals surface area contributed by atoms with E-state index in [1.165, 1.54) is 43.5 Å². The zero-order valence-corrected chi connectivity index (χ0v) is 20.5. The van der Waals surface area contributed by atoms with Crippen LogP contribution in [-0.2, 0) is 27.9 Å². The number of hydrogen-bond donors (Lipinski definition) is 1. The maximum Gasteiger partial charge on any atom is 0.271 e. The average molecular weight is 489 g/mol. The third-order valence-electron chi connectivity index (χ3n) is 6.04. The number of carbonyl (C=O) groups is 1. The molecule has 0 aliphatic carbocycles. The smallest absolute Gasteiger partial charge is 0.271 e. The number of nitrogens with zero attached hydrogens (tertiary/aromatic N) is 3. The molecule has 0 saturated carbocycles. The number of nitro benzene ring substituents is 1. The molecule has 3 rings (SSSR count). The Hall–Kier alpha value is -2.98. The van der Waals surface area contributed by atoms with E-state index in [4.69, 9.17) is 0 Å². The number of anilines is 1. The second-order valence-electron chi connectivity index (χ2n) is 8.58. The first-order valence-electron chi connectivity index (χ1n) is 11.5. The number of nitrogens with one attached hydrogen (secondary N) is 1. The van der Waals surface area contributed by atoms with Crippen molar-refractivity contribution in [3.63, 3.8) is 0 Å². The van der Waals surface area contributed by atoms with Gasteiger partial charge in [0.15, 0.2) is 0 Å². The molecule has 184 valence electrons. The van der Waals surface area contributed by atoms with Gasteiger partial charge in [-0.1, -0.05) is 43.7 Å². The van der Waals surface area contributed by atoms with Crippen LogP contribution in [0.5, 0.6) is 0 Å². The van der Waals surface area contributed by atoms with E-state index >= 15 is 0 Å². The number of sulfonamides is 1. The molecule has 1 amide bonds. The molecular formula is C24H32N4O5S. The van der Waals surface area contributed by atoms with Crippen molar-refractivity contribution in [3.05, 3.63) is 69.8 Å². The second-order valence-corrected chi connectivity index (χ2v) is 10.4. The van der Waals surface area contributed by atoms with E-state index in [2.05, 4.69) is 16.3 Å². The SMILES string of the molecule is CCC(C(=O)NCc1ccccc1CN1CCCCC1)N(c1cccc([N+](=O)[O-])c1)S(C)(=O)=O. The highest BCUT2D eigenvalue weighted by atomic mass is 32.2. The second kappa shape index (κ2) is 11.4. The van der Waals surface area contributed by atoms with Crippen molar-refractivity contribution in [2.75, 3.05) is 23.7 Å². The van der Waals surface area contributed by atoms with E-state index in [0.717, 1.165) is 41.3 Å². The fraction of sp³-hybridized carbons (Fsp3) is 0.458. The number of piperidine rings is 1. The molecule has 2 aromatic carbocycles. The van der Waals surface area contributed by atoms with Gasteiger partial charge < -0.3 is 5.32 Å². The van der Waals surface area contributed by atoms with Gasteiger partial charge in [0, 0.05) is 25.2 Å². The summed E-state index contributed by atoms with van der Waals surface area (Å²) in [5.41, 5.74) is 1.96. The van der Waals surface area contributed by atoms with Crippen molar-refractivity contribution >= 4 is 27.3 Å². The summed E-state index contributed by atoms with van der Waals surface area (Å²) in [5, 5.41) is 14.1. The maximum atomic E-state index is 13.2. The van der Waals surface area contributed by atoms with Crippen LogP contribution in [0.4, 0.5) is 11.4 Å². The van der Waals surface area contributed by atoms with Gasteiger partial charge in [-0.2, -0.15) is 0 Å². The highest BCUT2D eigenvalue weighted by Gasteiger charge is 2.32. The minimum atomic E-state index is -3.88. The van der Waals surface area contributed by atoms with Crippen LogP contribution >= 0.6 is 0 Å². The lowest BCUT2D eigenvalue weighted by Crippen LogP contribution is -2.49. The number of non-ortho nitro benzene ring substituents is 1. The highest BCUT2D eigenvalue weighted by molar-refractivity contribution is 7.92. The molecule has 1 atom stereocenters. The van der Waals surface area contributed by atoms with E-state index in [-0.39, 0.29) is 24.3 Å². The van der Waals surface area contributed by atoms with Crippen molar-refractivity contribution in [3.8, 4) is 0 Å². The van der Waals surface area contributed by atoms with Gasteiger partial charge in [0.2, 0.25) is 15.9 Å². The first-order chi connectivity index (χ1) is 16.2. The van der Waals surface area contributed by atoms with Gasteiger partial charge in [0.25, 0.3) is 5.69 Å². The quantitative estimate of drug-likeness (QED) is 0.405. The Kier molecular flexibility index (Phi) is 8.62. The fourth-order valence-corrected chi connectivity index (χ4v) is 5.55. The maximum absolute atomic E-state index is 13.2. The molecule has 9 nitrogen and oxygen atoms in total. The topological polar surface area (TPSA) is 113 Å². The first-order valence-corrected chi connectivity index (χ1v) is 13.4. The van der Waals surface area contributed by atoms with Gasteiger partial charge in [0.1, 0.15) is 6.04 Å². The number of benzene rings is 2. The van der Waals surface area contributed by atoms with E-state index in [1.807, 2.05) is 18.2 Å². The molecule has 0 aromatic heterocycles. The summed E-state index contributed by atoms with van der Waals surface area (Å²) in [4.78, 5) is 26.2. The van der Waals surface area contributed by atoms with Crippen molar-refractivity contribution in [2.45, 2.75) is 51.7 Å². The summed E-state index contributed by atoms with van der Waals surface area (Å²) < 4.78 is 26.2. The molecule has 1 saturated heterocycles. The van der Waals surface area contributed by atoms with Crippen LogP contribution in [-0.4, -0.2) is 49.5 Å². The van der Waals surface area contributed by atoms with Crippen LogP contribution in [0, 0.1) is 10.1 Å². The Morgan fingerprint density at radius 3 is 2.41 bits per heavy atom. The Labute approximate surface area is 201 Å². The Morgan fingerprint density at radius 1 is 1.12 bits per heavy atom. The zero-order chi connectivity index (χ0) is 24.7. The summed E-state index contributed by atoms with van der Waals surface area (Å²) in [6.45, 7) is 4.92. The van der Waals surface area contributed by atoms with Crippen molar-refractivity contribution in [1.29, 1.82) is 0 Å². The molecule has 0 radical (unpaired) electrons. The molecule has 34 heavy (non-hydrogen) atoms. The number of nitro groups is 1. The molecule has 1 unspecified atom stereocenters. The van der Waals surface area contributed by atoms with Gasteiger partial charge in [0.05, 0.1) is 16.9 Å². The van der Waals surface area contributed by atoms with Crippen molar-refractivity contribution in [2.24, 2.45) is 0 Å². The van der Waals surface area contributed by atoms with Crippen molar-refractivity contribution < 1.29 is 18.1 Å². The lowest BCUT2D eigenvalue weighted by Gasteiger charge is -2.30.